The molecule has 1 N–H and O–H groups in total. The van der Waals surface area contributed by atoms with Crippen LogP contribution in [0.5, 0.6) is 5.75 Å². The molecule has 1 unspecified atom stereocenters. The fourth-order valence-corrected chi connectivity index (χ4v) is 2.53. The van der Waals surface area contributed by atoms with E-state index in [1.165, 1.54) is 6.07 Å². The van der Waals surface area contributed by atoms with Crippen LogP contribution in [0, 0.1) is 5.82 Å². The van der Waals surface area contributed by atoms with E-state index < -0.39 is 0 Å². The van der Waals surface area contributed by atoms with Crippen LogP contribution in [0.15, 0.2) is 36.5 Å². The Kier molecular flexibility index (Phi) is 4.14. The van der Waals surface area contributed by atoms with Crippen LogP contribution in [0.25, 0.3) is 5.65 Å². The van der Waals surface area contributed by atoms with Gasteiger partial charge in [0.25, 0.3) is 0 Å². The monoisotopic (exact) mass is 314 g/mol. The van der Waals surface area contributed by atoms with Crippen molar-refractivity contribution in [3.63, 3.8) is 0 Å². The molecule has 1 aromatic carbocycles. The fourth-order valence-electron chi connectivity index (χ4n) is 2.53. The minimum absolute atomic E-state index is 0.246. The smallest absolute Gasteiger partial charge is 0.157 e. The molecule has 0 radical (unpaired) electrons. The summed E-state index contributed by atoms with van der Waals surface area (Å²) in [6.45, 7) is 3.95. The number of hydrogen-bond acceptors (Lipinski definition) is 4. The Morgan fingerprint density at radius 2 is 2.13 bits per heavy atom. The molecule has 0 saturated carbocycles. The van der Waals surface area contributed by atoms with E-state index in [1.54, 1.807) is 30.0 Å². The van der Waals surface area contributed by atoms with E-state index in [0.717, 1.165) is 23.6 Å². The molecule has 120 valence electrons. The minimum atomic E-state index is -0.271. The summed E-state index contributed by atoms with van der Waals surface area (Å²) in [7, 11) is 1.57. The fraction of sp³-hybridized carbons (Fsp3) is 0.294. The molecular formula is C17H19FN4O. The number of anilines is 1. The van der Waals surface area contributed by atoms with Crippen molar-refractivity contribution in [2.75, 3.05) is 12.4 Å². The Hall–Kier alpha value is -2.63. The average Bonchev–Trinajstić information content (AvgIpc) is 3.03. The minimum Gasteiger partial charge on any atom is -0.497 e. The van der Waals surface area contributed by atoms with Crippen molar-refractivity contribution < 1.29 is 9.13 Å². The zero-order chi connectivity index (χ0) is 16.4. The third kappa shape index (κ3) is 2.97. The lowest BCUT2D eigenvalue weighted by molar-refractivity contribution is 0.412. The second kappa shape index (κ2) is 6.24. The van der Waals surface area contributed by atoms with Gasteiger partial charge in [0.2, 0.25) is 0 Å². The van der Waals surface area contributed by atoms with Gasteiger partial charge >= 0.3 is 0 Å². The molecule has 5 nitrogen and oxygen atoms in total. The molecule has 3 rings (SSSR count). The van der Waals surface area contributed by atoms with Gasteiger partial charge in [-0.25, -0.2) is 9.37 Å². The third-order valence-electron chi connectivity index (χ3n) is 3.81. The third-order valence-corrected chi connectivity index (χ3v) is 3.81. The van der Waals surface area contributed by atoms with E-state index in [4.69, 9.17) is 4.74 Å². The number of ether oxygens (including phenoxy) is 1. The lowest BCUT2D eigenvalue weighted by Gasteiger charge is -2.18. The van der Waals surface area contributed by atoms with Crippen LogP contribution >= 0.6 is 0 Å². The van der Waals surface area contributed by atoms with Crippen LogP contribution in [-0.4, -0.2) is 21.7 Å². The van der Waals surface area contributed by atoms with E-state index >= 15 is 0 Å². The van der Waals surface area contributed by atoms with Crippen LogP contribution in [0.3, 0.4) is 0 Å². The highest BCUT2D eigenvalue weighted by atomic mass is 19.1. The molecule has 3 aromatic rings. The summed E-state index contributed by atoms with van der Waals surface area (Å²) < 4.78 is 21.0. The maximum absolute atomic E-state index is 14.1. The Morgan fingerprint density at radius 3 is 2.87 bits per heavy atom. The van der Waals surface area contributed by atoms with Crippen LogP contribution in [0.4, 0.5) is 10.2 Å². The summed E-state index contributed by atoms with van der Waals surface area (Å²) in [5.74, 6) is 1.14. The quantitative estimate of drug-likeness (QED) is 0.781. The van der Waals surface area contributed by atoms with Gasteiger partial charge in [0.05, 0.1) is 19.3 Å². The van der Waals surface area contributed by atoms with E-state index in [1.807, 2.05) is 26.0 Å². The molecule has 6 heteroatoms. The first-order valence-corrected chi connectivity index (χ1v) is 7.56. The predicted molar refractivity (Wildman–Crippen MR) is 87.4 cm³/mol. The molecule has 0 amide bonds. The number of nitrogens with zero attached hydrogens (tertiary/aromatic N) is 3. The van der Waals surface area contributed by atoms with E-state index in [2.05, 4.69) is 15.4 Å². The Morgan fingerprint density at radius 1 is 1.30 bits per heavy atom. The van der Waals surface area contributed by atoms with E-state index in [-0.39, 0.29) is 11.9 Å². The lowest BCUT2D eigenvalue weighted by atomic mass is 10.1. The van der Waals surface area contributed by atoms with Gasteiger partial charge in [0, 0.05) is 23.4 Å². The van der Waals surface area contributed by atoms with E-state index in [9.17, 15) is 4.39 Å². The Labute approximate surface area is 134 Å². The number of aryl methyl sites for hydroxylation is 1. The van der Waals surface area contributed by atoms with Crippen LogP contribution in [0.1, 0.15) is 31.1 Å². The number of nitrogens with one attached hydrogen (secondary N) is 1. The summed E-state index contributed by atoms with van der Waals surface area (Å²) in [5, 5.41) is 7.59. The van der Waals surface area contributed by atoms with Gasteiger partial charge in [-0.15, -0.1) is 0 Å². The molecule has 23 heavy (non-hydrogen) atoms. The summed E-state index contributed by atoms with van der Waals surface area (Å²) in [5.41, 5.74) is 2.27. The summed E-state index contributed by atoms with van der Waals surface area (Å²) >= 11 is 0. The van der Waals surface area contributed by atoms with Gasteiger partial charge in [-0.05, 0) is 31.5 Å². The largest absolute Gasteiger partial charge is 0.497 e. The Balaban J connectivity index is 1.97. The zero-order valence-corrected chi connectivity index (χ0v) is 13.4. The van der Waals surface area contributed by atoms with Crippen molar-refractivity contribution in [2.45, 2.75) is 26.3 Å². The molecule has 2 aromatic heterocycles. The highest BCUT2D eigenvalue weighted by molar-refractivity contribution is 5.50. The van der Waals surface area contributed by atoms with Gasteiger partial charge in [-0.3, -0.25) is 0 Å². The van der Waals surface area contributed by atoms with Gasteiger partial charge in [0.1, 0.15) is 17.4 Å². The maximum Gasteiger partial charge on any atom is 0.157 e. The normalized spacial score (nSPS) is 12.3. The van der Waals surface area contributed by atoms with Crippen LogP contribution in [-0.2, 0) is 6.42 Å². The molecule has 2 heterocycles. The SMILES string of the molecule is CCc1cc(NC(C)c2cc(OC)ccc2F)n2nccc2n1. The lowest BCUT2D eigenvalue weighted by Crippen LogP contribution is -2.13. The Bertz CT molecular complexity index is 831. The van der Waals surface area contributed by atoms with Crippen molar-refractivity contribution in [3.8, 4) is 5.75 Å². The number of hydrogen-bond donors (Lipinski definition) is 1. The molecule has 0 saturated heterocycles. The number of rotatable bonds is 5. The molecular weight excluding hydrogens is 295 g/mol. The van der Waals surface area contributed by atoms with Gasteiger partial charge in [0.15, 0.2) is 5.65 Å². The first kappa shape index (κ1) is 15.3. The molecule has 0 aliphatic heterocycles. The van der Waals surface area contributed by atoms with Crippen molar-refractivity contribution in [2.24, 2.45) is 0 Å². The second-order valence-electron chi connectivity index (χ2n) is 5.34. The molecule has 1 atom stereocenters. The van der Waals surface area contributed by atoms with Gasteiger partial charge in [-0.1, -0.05) is 6.92 Å². The number of halogens is 1. The summed E-state index contributed by atoms with van der Waals surface area (Å²) in [4.78, 5) is 4.51. The first-order valence-electron chi connectivity index (χ1n) is 7.56. The zero-order valence-electron chi connectivity index (χ0n) is 13.4. The first-order chi connectivity index (χ1) is 11.1. The topological polar surface area (TPSA) is 51.5 Å². The van der Waals surface area contributed by atoms with E-state index in [0.29, 0.717) is 11.3 Å². The predicted octanol–water partition coefficient (Wildman–Crippen LogP) is 3.61. The van der Waals surface area contributed by atoms with Crippen molar-refractivity contribution in [1.82, 2.24) is 14.6 Å². The standard InChI is InChI=1S/C17H19FN4O/c1-4-12-9-17(22-16(21-12)7-8-19-22)20-11(2)14-10-13(23-3)5-6-15(14)18/h5-11,20H,4H2,1-3H3. The number of methoxy groups -OCH3 is 1. The molecule has 0 fully saturated rings. The van der Waals surface area contributed by atoms with Crippen molar-refractivity contribution >= 4 is 11.5 Å². The highest BCUT2D eigenvalue weighted by Crippen LogP contribution is 2.26. The molecule has 0 bridgehead atoms. The summed E-state index contributed by atoms with van der Waals surface area (Å²) in [6, 6.07) is 8.27. The average molecular weight is 314 g/mol. The number of benzene rings is 1. The second-order valence-corrected chi connectivity index (χ2v) is 5.34. The number of fused-ring (bicyclic) bond motifs is 1. The molecule has 0 aliphatic carbocycles. The van der Waals surface area contributed by atoms with Crippen LogP contribution in [0.2, 0.25) is 0 Å². The van der Waals surface area contributed by atoms with Gasteiger partial charge in [-0.2, -0.15) is 9.61 Å². The van der Waals surface area contributed by atoms with Crippen molar-refractivity contribution in [1.29, 1.82) is 0 Å². The highest BCUT2D eigenvalue weighted by Gasteiger charge is 2.14. The maximum atomic E-state index is 14.1. The van der Waals surface area contributed by atoms with Crippen molar-refractivity contribution in [3.05, 3.63) is 53.6 Å². The molecule has 0 aliphatic rings. The number of aromatic nitrogens is 3. The van der Waals surface area contributed by atoms with Gasteiger partial charge < -0.3 is 10.1 Å². The summed E-state index contributed by atoms with van der Waals surface area (Å²) in [6.07, 6.45) is 2.52. The van der Waals surface area contributed by atoms with Crippen LogP contribution < -0.4 is 10.1 Å². The molecule has 0 spiro atoms.